The number of aromatic amines is 1. The van der Waals surface area contributed by atoms with Gasteiger partial charge in [-0.1, -0.05) is 23.2 Å². The number of nitrogens with zero attached hydrogens (tertiary/aromatic N) is 1. The molecule has 0 bridgehead atoms. The van der Waals surface area contributed by atoms with E-state index in [1.807, 2.05) is 0 Å². The zero-order chi connectivity index (χ0) is 16.3. The van der Waals surface area contributed by atoms with Crippen molar-refractivity contribution in [2.24, 2.45) is 0 Å². The summed E-state index contributed by atoms with van der Waals surface area (Å²) in [5.74, 6) is -2.23. The average molecular weight is 347 g/mol. The Bertz CT molecular complexity index is 813. The maximum atomic E-state index is 12.9. The van der Waals surface area contributed by atoms with Gasteiger partial charge < -0.3 is 0 Å². The molecular weight excluding hydrogens is 340 g/mol. The number of fused-ring (bicyclic) bond motifs is 1. The van der Waals surface area contributed by atoms with Crippen LogP contribution in [-0.4, -0.2) is 16.5 Å². The van der Waals surface area contributed by atoms with Crippen molar-refractivity contribution in [1.82, 2.24) is 10.2 Å². The quantitative estimate of drug-likeness (QED) is 0.644. The number of benzene rings is 2. The number of hydrogen-bond acceptors (Lipinski definition) is 2. The molecule has 0 fully saturated rings. The number of aromatic nitrogens is 2. The second kappa shape index (κ2) is 6.81. The minimum Gasteiger partial charge on any atom is -0.298 e. The van der Waals surface area contributed by atoms with Gasteiger partial charge in [-0.05, 0) is 24.3 Å². The maximum absolute atomic E-state index is 12.9. The molecule has 3 nitrogen and oxygen atoms in total. The molecule has 0 aliphatic carbocycles. The number of aldehydes is 1. The van der Waals surface area contributed by atoms with Crippen molar-refractivity contribution in [3.8, 4) is 0 Å². The number of hydrogen-bond donors (Lipinski definition) is 1. The van der Waals surface area contributed by atoms with Crippen LogP contribution < -0.4 is 0 Å². The van der Waals surface area contributed by atoms with Crippen molar-refractivity contribution in [2.45, 2.75) is 0 Å². The lowest BCUT2D eigenvalue weighted by atomic mass is 10.2. The Morgan fingerprint density at radius 2 is 1.50 bits per heavy atom. The number of carbonyl (C=O) groups excluding carboxylic acids is 1. The summed E-state index contributed by atoms with van der Waals surface area (Å²) in [4.78, 5) is 10.0. The highest BCUT2D eigenvalue weighted by molar-refractivity contribution is 6.31. The van der Waals surface area contributed by atoms with E-state index in [0.717, 1.165) is 12.1 Å². The van der Waals surface area contributed by atoms with Gasteiger partial charge in [0, 0.05) is 10.0 Å². The number of rotatable bonds is 1. The SMILES string of the molecule is Fc1cc(Cl)cc2[nH]ncc12.O=Cc1c(F)cc(Cl)cc1F. The molecule has 3 aromatic rings. The predicted molar refractivity (Wildman–Crippen MR) is 77.8 cm³/mol. The zero-order valence-electron chi connectivity index (χ0n) is 10.7. The predicted octanol–water partition coefficient (Wildman–Crippen LogP) is 4.79. The van der Waals surface area contributed by atoms with E-state index in [1.165, 1.54) is 12.3 Å². The first kappa shape index (κ1) is 16.3. The second-order valence-electron chi connectivity index (χ2n) is 4.12. The third-order valence-electron chi connectivity index (χ3n) is 2.63. The zero-order valence-corrected chi connectivity index (χ0v) is 12.2. The summed E-state index contributed by atoms with van der Waals surface area (Å²) in [6, 6.07) is 4.66. The van der Waals surface area contributed by atoms with Crippen LogP contribution >= 0.6 is 23.2 Å². The summed E-state index contributed by atoms with van der Waals surface area (Å²) in [5, 5.41) is 7.08. The number of nitrogens with one attached hydrogen (secondary N) is 1. The normalized spacial score (nSPS) is 10.2. The van der Waals surface area contributed by atoms with Gasteiger partial charge in [0.1, 0.15) is 17.5 Å². The van der Waals surface area contributed by atoms with E-state index in [-0.39, 0.29) is 17.1 Å². The van der Waals surface area contributed by atoms with Crippen LogP contribution in [-0.2, 0) is 0 Å². The van der Waals surface area contributed by atoms with Gasteiger partial charge in [0.25, 0.3) is 0 Å². The molecule has 22 heavy (non-hydrogen) atoms. The fourth-order valence-electron chi connectivity index (χ4n) is 1.64. The Hall–Kier alpha value is -2.05. The Labute approximate surface area is 132 Å². The van der Waals surface area contributed by atoms with Crippen LogP contribution in [0.5, 0.6) is 0 Å². The average Bonchev–Trinajstić information content (AvgIpc) is 2.87. The molecule has 114 valence electrons. The first-order valence-corrected chi connectivity index (χ1v) is 6.56. The van der Waals surface area contributed by atoms with E-state index >= 15 is 0 Å². The number of H-pyrrole nitrogens is 1. The smallest absolute Gasteiger partial charge is 0.155 e. The van der Waals surface area contributed by atoms with Gasteiger partial charge in [-0.15, -0.1) is 0 Å². The van der Waals surface area contributed by atoms with Gasteiger partial charge in [-0.25, -0.2) is 13.2 Å². The molecule has 0 aliphatic rings. The minimum absolute atomic E-state index is 0.0643. The van der Waals surface area contributed by atoms with E-state index in [1.54, 1.807) is 6.07 Å². The second-order valence-corrected chi connectivity index (χ2v) is 4.99. The molecule has 0 saturated carbocycles. The molecular formula is C14H7Cl2F3N2O. The highest BCUT2D eigenvalue weighted by Crippen LogP contribution is 2.20. The summed E-state index contributed by atoms with van der Waals surface area (Å²) in [5.41, 5.74) is 0.0319. The Balaban J connectivity index is 0.000000160. The van der Waals surface area contributed by atoms with Gasteiger partial charge in [0.2, 0.25) is 0 Å². The largest absolute Gasteiger partial charge is 0.298 e. The molecule has 0 amide bonds. The van der Waals surface area contributed by atoms with Gasteiger partial charge in [0.05, 0.1) is 22.7 Å². The molecule has 0 atom stereocenters. The van der Waals surface area contributed by atoms with Crippen LogP contribution in [0.2, 0.25) is 10.0 Å². The fourth-order valence-corrected chi connectivity index (χ4v) is 2.04. The lowest BCUT2D eigenvalue weighted by Crippen LogP contribution is -1.92. The Kier molecular flexibility index (Phi) is 5.05. The lowest BCUT2D eigenvalue weighted by molar-refractivity contribution is 0.111. The van der Waals surface area contributed by atoms with E-state index < -0.39 is 17.2 Å². The van der Waals surface area contributed by atoms with Gasteiger partial charge in [0.15, 0.2) is 6.29 Å². The lowest BCUT2D eigenvalue weighted by Gasteiger charge is -1.96. The third-order valence-corrected chi connectivity index (χ3v) is 3.07. The van der Waals surface area contributed by atoms with Crippen LogP contribution in [0.4, 0.5) is 13.2 Å². The van der Waals surface area contributed by atoms with E-state index in [0.29, 0.717) is 15.9 Å². The third kappa shape index (κ3) is 3.58. The van der Waals surface area contributed by atoms with Crippen LogP contribution in [0, 0.1) is 17.5 Å². The molecule has 0 radical (unpaired) electrons. The fraction of sp³-hybridized carbons (Fsp3) is 0. The van der Waals surface area contributed by atoms with Crippen molar-refractivity contribution in [1.29, 1.82) is 0 Å². The summed E-state index contributed by atoms with van der Waals surface area (Å²) >= 11 is 10.9. The molecule has 0 saturated heterocycles. The van der Waals surface area contributed by atoms with E-state index in [4.69, 9.17) is 23.2 Å². The summed E-state index contributed by atoms with van der Waals surface area (Å²) in [6.45, 7) is 0. The maximum Gasteiger partial charge on any atom is 0.155 e. The van der Waals surface area contributed by atoms with Crippen LogP contribution in [0.25, 0.3) is 10.9 Å². The van der Waals surface area contributed by atoms with Crippen LogP contribution in [0.1, 0.15) is 10.4 Å². The molecule has 0 unspecified atom stereocenters. The number of halogens is 5. The van der Waals surface area contributed by atoms with Crippen molar-refractivity contribution < 1.29 is 18.0 Å². The molecule has 2 aromatic carbocycles. The van der Waals surface area contributed by atoms with Crippen LogP contribution in [0.3, 0.4) is 0 Å². The van der Waals surface area contributed by atoms with Crippen LogP contribution in [0.15, 0.2) is 30.5 Å². The highest BCUT2D eigenvalue weighted by Gasteiger charge is 2.08. The monoisotopic (exact) mass is 346 g/mol. The van der Waals surface area contributed by atoms with Crippen molar-refractivity contribution >= 4 is 40.4 Å². The molecule has 1 aromatic heterocycles. The molecule has 1 heterocycles. The standard InChI is InChI=1S/C7H3ClF2O.C7H4ClFN2/c8-4-1-6(9)5(3-11)7(10)2-4;8-4-1-6(9)5-3-10-11-7(5)2-4/h1-3H;1-3H,(H,10,11). The van der Waals surface area contributed by atoms with Crippen molar-refractivity contribution in [2.75, 3.05) is 0 Å². The molecule has 0 spiro atoms. The van der Waals surface area contributed by atoms with E-state index in [2.05, 4.69) is 10.2 Å². The Morgan fingerprint density at radius 3 is 2.09 bits per heavy atom. The molecule has 1 N–H and O–H groups in total. The molecule has 3 rings (SSSR count). The number of carbonyl (C=O) groups is 1. The highest BCUT2D eigenvalue weighted by atomic mass is 35.5. The van der Waals surface area contributed by atoms with Gasteiger partial charge in [-0.3, -0.25) is 9.89 Å². The van der Waals surface area contributed by atoms with Crippen molar-refractivity contribution in [3.63, 3.8) is 0 Å². The van der Waals surface area contributed by atoms with Gasteiger partial charge in [-0.2, -0.15) is 5.10 Å². The minimum atomic E-state index is -0.940. The van der Waals surface area contributed by atoms with E-state index in [9.17, 15) is 18.0 Å². The Morgan fingerprint density at radius 1 is 0.955 bits per heavy atom. The van der Waals surface area contributed by atoms with Gasteiger partial charge >= 0.3 is 0 Å². The topological polar surface area (TPSA) is 45.8 Å². The first-order chi connectivity index (χ1) is 10.4. The van der Waals surface area contributed by atoms with Crippen molar-refractivity contribution in [3.05, 3.63) is 63.5 Å². The summed E-state index contributed by atoms with van der Waals surface area (Å²) in [6.07, 6.45) is 1.54. The first-order valence-electron chi connectivity index (χ1n) is 5.80. The summed E-state index contributed by atoms with van der Waals surface area (Å²) < 4.78 is 38.0. The summed E-state index contributed by atoms with van der Waals surface area (Å²) in [7, 11) is 0. The molecule has 8 heteroatoms. The molecule has 0 aliphatic heterocycles.